The van der Waals surface area contributed by atoms with Crippen molar-refractivity contribution in [1.29, 1.82) is 0 Å². The molecule has 1 aliphatic rings. The van der Waals surface area contributed by atoms with Gasteiger partial charge in [-0.3, -0.25) is 4.79 Å². The second-order valence-corrected chi connectivity index (χ2v) is 6.13. The van der Waals surface area contributed by atoms with Crippen molar-refractivity contribution in [2.75, 3.05) is 6.54 Å². The number of hydrogen-bond donors (Lipinski definition) is 1. The van der Waals surface area contributed by atoms with E-state index >= 15 is 0 Å². The number of aromatic nitrogens is 2. The number of carbonyl (C=O) groups is 1. The van der Waals surface area contributed by atoms with Gasteiger partial charge in [-0.25, -0.2) is 14.2 Å². The van der Waals surface area contributed by atoms with Gasteiger partial charge in [0.1, 0.15) is 5.60 Å². The van der Waals surface area contributed by atoms with E-state index in [0.29, 0.717) is 24.2 Å². The molecule has 0 aromatic carbocycles. The average molecular weight is 305 g/mol. The Hall–Kier alpha value is -2.49. The summed E-state index contributed by atoms with van der Waals surface area (Å²) in [5.74, 6) is 2.28. The lowest BCUT2D eigenvalue weighted by molar-refractivity contribution is 0.0221. The highest BCUT2D eigenvalue weighted by atomic mass is 16.6. The van der Waals surface area contributed by atoms with Gasteiger partial charge in [0.25, 0.3) is 5.56 Å². The molecule has 0 aliphatic carbocycles. The van der Waals surface area contributed by atoms with Crippen LogP contribution in [-0.2, 0) is 24.2 Å². The van der Waals surface area contributed by atoms with Gasteiger partial charge in [0.05, 0.1) is 18.7 Å². The van der Waals surface area contributed by atoms with Gasteiger partial charge in [0, 0.05) is 18.7 Å². The van der Waals surface area contributed by atoms with Crippen LogP contribution in [-0.4, -0.2) is 32.7 Å². The molecule has 1 aromatic heterocycles. The minimum absolute atomic E-state index is 0.102. The number of rotatable bonds is 1. The lowest BCUT2D eigenvalue weighted by Crippen LogP contribution is -2.46. The molecule has 1 aliphatic heterocycles. The molecule has 0 radical (unpaired) electrons. The molecule has 0 fully saturated rings. The zero-order valence-electron chi connectivity index (χ0n) is 12.9. The standard InChI is InChI=1S/C15H19N3O4/c1-5-7-18-12(19)10-9-17(14(21)22-15(2,3)4)8-6-11(10)16-13(18)20/h1H,6-9H2,2-4H3,(H,16,20). The third kappa shape index (κ3) is 3.22. The van der Waals surface area contributed by atoms with Gasteiger partial charge >= 0.3 is 11.8 Å². The van der Waals surface area contributed by atoms with E-state index in [1.165, 1.54) is 4.90 Å². The number of nitrogens with zero attached hydrogens (tertiary/aromatic N) is 2. The molecule has 0 saturated heterocycles. The Balaban J connectivity index is 2.32. The van der Waals surface area contributed by atoms with E-state index in [0.717, 1.165) is 4.57 Å². The molecular formula is C15H19N3O4. The molecule has 0 spiro atoms. The number of nitrogens with one attached hydrogen (secondary N) is 1. The van der Waals surface area contributed by atoms with E-state index in [-0.39, 0.29) is 13.1 Å². The maximum Gasteiger partial charge on any atom is 0.410 e. The van der Waals surface area contributed by atoms with Crippen LogP contribution in [0.3, 0.4) is 0 Å². The number of terminal acetylenes is 1. The molecule has 118 valence electrons. The summed E-state index contributed by atoms with van der Waals surface area (Å²) < 4.78 is 6.26. The van der Waals surface area contributed by atoms with E-state index in [9.17, 15) is 14.4 Å². The van der Waals surface area contributed by atoms with Crippen molar-refractivity contribution in [3.8, 4) is 12.3 Å². The van der Waals surface area contributed by atoms with Crippen molar-refractivity contribution in [3.05, 3.63) is 32.1 Å². The molecule has 0 bridgehead atoms. The van der Waals surface area contributed by atoms with E-state index in [2.05, 4.69) is 10.9 Å². The summed E-state index contributed by atoms with van der Waals surface area (Å²) in [6.07, 6.45) is 5.09. The molecule has 0 unspecified atom stereocenters. The number of carbonyl (C=O) groups excluding carboxylic acids is 1. The van der Waals surface area contributed by atoms with Crippen LogP contribution >= 0.6 is 0 Å². The van der Waals surface area contributed by atoms with Gasteiger partial charge < -0.3 is 14.6 Å². The molecule has 1 aromatic rings. The fourth-order valence-electron chi connectivity index (χ4n) is 2.27. The van der Waals surface area contributed by atoms with Crippen LogP contribution in [0.5, 0.6) is 0 Å². The maximum absolute atomic E-state index is 12.3. The third-order valence-corrected chi connectivity index (χ3v) is 3.25. The van der Waals surface area contributed by atoms with Crippen molar-refractivity contribution in [2.24, 2.45) is 0 Å². The molecule has 1 amide bonds. The minimum atomic E-state index is -0.605. The summed E-state index contributed by atoms with van der Waals surface area (Å²) in [7, 11) is 0. The first-order chi connectivity index (χ1) is 10.2. The van der Waals surface area contributed by atoms with Gasteiger partial charge in [0.15, 0.2) is 0 Å². The van der Waals surface area contributed by atoms with Crippen LogP contribution in [0.1, 0.15) is 32.0 Å². The van der Waals surface area contributed by atoms with E-state index in [1.54, 1.807) is 20.8 Å². The average Bonchev–Trinajstić information content (AvgIpc) is 2.41. The molecule has 7 nitrogen and oxygen atoms in total. The largest absolute Gasteiger partial charge is 0.444 e. The predicted octanol–water partition coefficient (Wildman–Crippen LogP) is 0.463. The highest BCUT2D eigenvalue weighted by Crippen LogP contribution is 2.16. The Labute approximate surface area is 127 Å². The fourth-order valence-corrected chi connectivity index (χ4v) is 2.27. The Morgan fingerprint density at radius 3 is 2.68 bits per heavy atom. The number of amides is 1. The van der Waals surface area contributed by atoms with Crippen LogP contribution in [0.15, 0.2) is 9.59 Å². The number of H-pyrrole nitrogens is 1. The Kier molecular flexibility index (Phi) is 4.13. The summed E-state index contributed by atoms with van der Waals surface area (Å²) in [5.41, 5.74) is -0.640. The molecule has 22 heavy (non-hydrogen) atoms. The second kappa shape index (κ2) is 5.72. The summed E-state index contributed by atoms with van der Waals surface area (Å²) in [4.78, 5) is 40.4. The number of ether oxygens (including phenoxy) is 1. The van der Waals surface area contributed by atoms with E-state index in [4.69, 9.17) is 11.2 Å². The van der Waals surface area contributed by atoms with Crippen LogP contribution in [0.25, 0.3) is 0 Å². The van der Waals surface area contributed by atoms with Crippen molar-refractivity contribution >= 4 is 6.09 Å². The summed E-state index contributed by atoms with van der Waals surface area (Å²) in [5, 5.41) is 0. The smallest absolute Gasteiger partial charge is 0.410 e. The monoisotopic (exact) mass is 305 g/mol. The van der Waals surface area contributed by atoms with Crippen molar-refractivity contribution in [3.63, 3.8) is 0 Å². The Bertz CT molecular complexity index is 746. The quantitative estimate of drug-likeness (QED) is 0.764. The van der Waals surface area contributed by atoms with Crippen molar-refractivity contribution < 1.29 is 9.53 Å². The van der Waals surface area contributed by atoms with Gasteiger partial charge in [-0.05, 0) is 20.8 Å². The highest BCUT2D eigenvalue weighted by Gasteiger charge is 2.28. The van der Waals surface area contributed by atoms with Gasteiger partial charge in [-0.1, -0.05) is 5.92 Å². The van der Waals surface area contributed by atoms with Gasteiger partial charge in [0.2, 0.25) is 0 Å². The molecule has 7 heteroatoms. The van der Waals surface area contributed by atoms with Crippen molar-refractivity contribution in [1.82, 2.24) is 14.5 Å². The van der Waals surface area contributed by atoms with Crippen LogP contribution in [0.2, 0.25) is 0 Å². The lowest BCUT2D eigenvalue weighted by Gasteiger charge is -2.30. The van der Waals surface area contributed by atoms with Crippen LogP contribution < -0.4 is 11.2 Å². The zero-order valence-corrected chi connectivity index (χ0v) is 12.9. The summed E-state index contributed by atoms with van der Waals surface area (Å²) in [6.45, 7) is 5.72. The van der Waals surface area contributed by atoms with E-state index in [1.807, 2.05) is 0 Å². The first kappa shape index (κ1) is 15.9. The SMILES string of the molecule is C#CCn1c(=O)[nH]c2c(c1=O)CN(C(=O)OC(C)(C)C)CC2. The Morgan fingerprint density at radius 2 is 2.09 bits per heavy atom. The molecular weight excluding hydrogens is 286 g/mol. The van der Waals surface area contributed by atoms with E-state index < -0.39 is 22.9 Å². The van der Waals surface area contributed by atoms with Crippen molar-refractivity contribution in [2.45, 2.75) is 45.9 Å². The maximum atomic E-state index is 12.3. The summed E-state index contributed by atoms with van der Waals surface area (Å²) >= 11 is 0. The number of aromatic amines is 1. The van der Waals surface area contributed by atoms with Crippen LogP contribution in [0, 0.1) is 12.3 Å². The summed E-state index contributed by atoms with van der Waals surface area (Å²) in [6, 6.07) is 0. The number of fused-ring (bicyclic) bond motifs is 1. The molecule has 2 heterocycles. The van der Waals surface area contributed by atoms with Crippen LogP contribution in [0.4, 0.5) is 4.79 Å². The van der Waals surface area contributed by atoms with Gasteiger partial charge in [-0.2, -0.15) is 0 Å². The first-order valence-corrected chi connectivity index (χ1v) is 6.99. The van der Waals surface area contributed by atoms with Gasteiger partial charge in [-0.15, -0.1) is 6.42 Å². The molecule has 0 atom stereocenters. The molecule has 1 N–H and O–H groups in total. The fraction of sp³-hybridized carbons (Fsp3) is 0.533. The highest BCUT2D eigenvalue weighted by molar-refractivity contribution is 5.68. The molecule has 0 saturated carbocycles. The minimum Gasteiger partial charge on any atom is -0.444 e. The molecule has 2 rings (SSSR count). The third-order valence-electron chi connectivity index (χ3n) is 3.25. The topological polar surface area (TPSA) is 84.4 Å². The lowest BCUT2D eigenvalue weighted by atomic mass is 10.1. The first-order valence-electron chi connectivity index (χ1n) is 6.99. The predicted molar refractivity (Wildman–Crippen MR) is 80.5 cm³/mol. The second-order valence-electron chi connectivity index (χ2n) is 6.13. The zero-order chi connectivity index (χ0) is 16.5. The number of hydrogen-bond acceptors (Lipinski definition) is 4. The Morgan fingerprint density at radius 1 is 1.41 bits per heavy atom. The normalized spacial score (nSPS) is 14.2.